The van der Waals surface area contributed by atoms with E-state index in [9.17, 15) is 0 Å². The van der Waals surface area contributed by atoms with Gasteiger partial charge in [-0.05, 0) is 42.3 Å². The van der Waals surface area contributed by atoms with Crippen molar-refractivity contribution in [3.63, 3.8) is 0 Å². The number of anilines is 1. The van der Waals surface area contributed by atoms with Gasteiger partial charge in [-0.25, -0.2) is 0 Å². The number of aromatic amines is 1. The molecule has 0 fully saturated rings. The molecule has 0 aliphatic heterocycles. The highest BCUT2D eigenvalue weighted by atomic mass is 79.9. The molecule has 0 unspecified atom stereocenters. The third-order valence-corrected chi connectivity index (χ3v) is 4.26. The second kappa shape index (κ2) is 7.57. The van der Waals surface area contributed by atoms with Crippen LogP contribution in [0.2, 0.25) is 0 Å². The first-order chi connectivity index (χ1) is 11.7. The van der Waals surface area contributed by atoms with Crippen LogP contribution in [0, 0.1) is 0 Å². The molecule has 0 spiro atoms. The number of methoxy groups -OCH3 is 1. The lowest BCUT2D eigenvalue weighted by atomic mass is 10.1. The van der Waals surface area contributed by atoms with Crippen LogP contribution in [-0.2, 0) is 11.4 Å². The van der Waals surface area contributed by atoms with E-state index in [2.05, 4.69) is 31.2 Å². The lowest BCUT2D eigenvalue weighted by molar-refractivity contribution is -0.210. The van der Waals surface area contributed by atoms with Crippen molar-refractivity contribution >= 4 is 32.5 Å². The maximum atomic E-state index is 5.30. The molecule has 0 saturated carbocycles. The topological polar surface area (TPSA) is 81.5 Å². The van der Waals surface area contributed by atoms with Gasteiger partial charge >= 0.3 is 0 Å². The molecular formula is C17H18BrN3O3. The highest BCUT2D eigenvalue weighted by Crippen LogP contribution is 2.29. The molecule has 1 heterocycles. The van der Waals surface area contributed by atoms with Crippen LogP contribution in [0.15, 0.2) is 47.1 Å². The molecule has 0 radical (unpaired) electrons. The van der Waals surface area contributed by atoms with Gasteiger partial charge in [-0.3, -0.25) is 0 Å². The fourth-order valence-electron chi connectivity index (χ4n) is 2.59. The van der Waals surface area contributed by atoms with E-state index in [4.69, 9.17) is 15.5 Å². The maximum Gasteiger partial charge on any atom is 0.191 e. The molecule has 3 aromatic rings. The van der Waals surface area contributed by atoms with Crippen molar-refractivity contribution in [1.82, 2.24) is 4.98 Å². The molecule has 0 saturated heterocycles. The van der Waals surface area contributed by atoms with Gasteiger partial charge in [0, 0.05) is 34.2 Å². The van der Waals surface area contributed by atoms with Crippen LogP contribution in [0.25, 0.3) is 10.9 Å². The molecule has 126 valence electrons. The Labute approximate surface area is 147 Å². The minimum absolute atomic E-state index is 0.521. The zero-order valence-electron chi connectivity index (χ0n) is 13.1. The SMILES string of the molecule is COc1ccc2[nH]cc(CCNc3ccc(Br)cc3OON)c2c1. The Kier molecular flexibility index (Phi) is 5.24. The van der Waals surface area contributed by atoms with Gasteiger partial charge < -0.3 is 19.9 Å². The molecule has 24 heavy (non-hydrogen) atoms. The number of benzene rings is 2. The third-order valence-electron chi connectivity index (χ3n) is 3.77. The molecular weight excluding hydrogens is 374 g/mol. The Balaban J connectivity index is 1.71. The summed E-state index contributed by atoms with van der Waals surface area (Å²) in [5.41, 5.74) is 3.11. The number of aromatic nitrogens is 1. The van der Waals surface area contributed by atoms with E-state index in [0.717, 1.165) is 39.8 Å². The number of fused-ring (bicyclic) bond motifs is 1. The molecule has 0 atom stereocenters. The number of ether oxygens (including phenoxy) is 1. The maximum absolute atomic E-state index is 5.30. The van der Waals surface area contributed by atoms with Gasteiger partial charge in [-0.15, -0.1) is 0 Å². The van der Waals surface area contributed by atoms with Gasteiger partial charge in [0.25, 0.3) is 0 Å². The minimum atomic E-state index is 0.521. The Hall–Kier alpha value is -2.22. The zero-order valence-corrected chi connectivity index (χ0v) is 14.7. The standard InChI is InChI=1S/C17H18BrN3O3/c1-22-13-3-5-15-14(9-13)11(10-21-15)6-7-20-16-4-2-12(18)8-17(16)23-24-19/h2-5,8-10,20-21H,6-7,19H2,1H3. The van der Waals surface area contributed by atoms with Gasteiger partial charge in [-0.2, -0.15) is 5.90 Å². The summed E-state index contributed by atoms with van der Waals surface area (Å²) in [7, 11) is 1.67. The third kappa shape index (κ3) is 3.64. The number of rotatable bonds is 7. The van der Waals surface area contributed by atoms with E-state index < -0.39 is 0 Å². The van der Waals surface area contributed by atoms with E-state index in [-0.39, 0.29) is 0 Å². The number of hydrogen-bond donors (Lipinski definition) is 3. The first kappa shape index (κ1) is 16.6. The van der Waals surface area contributed by atoms with Crippen LogP contribution in [0.4, 0.5) is 5.69 Å². The highest BCUT2D eigenvalue weighted by Gasteiger charge is 2.08. The minimum Gasteiger partial charge on any atom is -0.497 e. The fraction of sp³-hybridized carbons (Fsp3) is 0.176. The predicted octanol–water partition coefficient (Wildman–Crippen LogP) is 3.78. The van der Waals surface area contributed by atoms with Gasteiger partial charge in [0.15, 0.2) is 5.75 Å². The number of nitrogens with two attached hydrogens (primary N) is 1. The van der Waals surface area contributed by atoms with E-state index in [1.807, 2.05) is 36.5 Å². The molecule has 0 aliphatic carbocycles. The molecule has 6 nitrogen and oxygen atoms in total. The summed E-state index contributed by atoms with van der Waals surface area (Å²) >= 11 is 3.39. The largest absolute Gasteiger partial charge is 0.497 e. The summed E-state index contributed by atoms with van der Waals surface area (Å²) in [6.45, 7) is 0.729. The zero-order chi connectivity index (χ0) is 16.9. The van der Waals surface area contributed by atoms with Crippen LogP contribution >= 0.6 is 15.9 Å². The first-order valence-electron chi connectivity index (χ1n) is 7.42. The van der Waals surface area contributed by atoms with Crippen LogP contribution in [-0.4, -0.2) is 18.6 Å². The van der Waals surface area contributed by atoms with Crippen LogP contribution in [0.1, 0.15) is 5.56 Å². The number of H-pyrrole nitrogens is 1. The summed E-state index contributed by atoms with van der Waals surface area (Å²) in [6, 6.07) is 11.6. The second-order valence-corrected chi connectivity index (χ2v) is 6.14. The Morgan fingerprint density at radius 3 is 2.88 bits per heavy atom. The second-order valence-electron chi connectivity index (χ2n) is 5.22. The Morgan fingerprint density at radius 2 is 2.08 bits per heavy atom. The molecule has 7 heteroatoms. The molecule has 4 N–H and O–H groups in total. The van der Waals surface area contributed by atoms with Crippen molar-refractivity contribution in [3.8, 4) is 11.5 Å². The summed E-state index contributed by atoms with van der Waals surface area (Å²) in [5, 5.41) is 4.49. The van der Waals surface area contributed by atoms with E-state index in [1.54, 1.807) is 13.2 Å². The summed E-state index contributed by atoms with van der Waals surface area (Å²) < 4.78 is 6.18. The highest BCUT2D eigenvalue weighted by molar-refractivity contribution is 9.10. The lowest BCUT2D eigenvalue weighted by Crippen LogP contribution is -2.09. The average molecular weight is 392 g/mol. The normalized spacial score (nSPS) is 10.8. The molecule has 3 rings (SSSR count). The lowest BCUT2D eigenvalue weighted by Gasteiger charge is -2.11. The summed E-state index contributed by atoms with van der Waals surface area (Å²) in [5.74, 6) is 6.36. The van der Waals surface area contributed by atoms with Gasteiger partial charge in [0.2, 0.25) is 0 Å². The molecule has 2 aromatic carbocycles. The molecule has 0 aliphatic rings. The van der Waals surface area contributed by atoms with Crippen molar-refractivity contribution < 1.29 is 14.6 Å². The van der Waals surface area contributed by atoms with Crippen molar-refractivity contribution in [2.24, 2.45) is 5.90 Å². The molecule has 1 aromatic heterocycles. The van der Waals surface area contributed by atoms with Crippen molar-refractivity contribution in [2.45, 2.75) is 6.42 Å². The Bertz CT molecular complexity index is 835. The monoisotopic (exact) mass is 391 g/mol. The quantitative estimate of drug-likeness (QED) is 0.421. The van der Waals surface area contributed by atoms with Gasteiger partial charge in [-0.1, -0.05) is 20.9 Å². The van der Waals surface area contributed by atoms with E-state index in [0.29, 0.717) is 5.75 Å². The smallest absolute Gasteiger partial charge is 0.191 e. The number of nitrogens with one attached hydrogen (secondary N) is 2. The van der Waals surface area contributed by atoms with E-state index >= 15 is 0 Å². The summed E-state index contributed by atoms with van der Waals surface area (Å²) in [6.07, 6.45) is 2.86. The van der Waals surface area contributed by atoms with Crippen LogP contribution in [0.5, 0.6) is 11.5 Å². The van der Waals surface area contributed by atoms with Crippen molar-refractivity contribution in [3.05, 3.63) is 52.6 Å². The van der Waals surface area contributed by atoms with Crippen LogP contribution in [0.3, 0.4) is 0 Å². The molecule has 0 bridgehead atoms. The first-order valence-corrected chi connectivity index (χ1v) is 8.21. The van der Waals surface area contributed by atoms with Crippen molar-refractivity contribution in [2.75, 3.05) is 19.0 Å². The van der Waals surface area contributed by atoms with Crippen LogP contribution < -0.4 is 20.8 Å². The predicted molar refractivity (Wildman–Crippen MR) is 97.1 cm³/mol. The average Bonchev–Trinajstić information content (AvgIpc) is 2.99. The fourth-order valence-corrected chi connectivity index (χ4v) is 2.93. The summed E-state index contributed by atoms with van der Waals surface area (Å²) in [4.78, 5) is 12.5. The van der Waals surface area contributed by atoms with E-state index in [1.165, 1.54) is 5.56 Å². The number of halogens is 1. The van der Waals surface area contributed by atoms with Gasteiger partial charge in [0.1, 0.15) is 5.75 Å². The van der Waals surface area contributed by atoms with Gasteiger partial charge in [0.05, 0.1) is 12.8 Å². The number of hydrogen-bond acceptors (Lipinski definition) is 5. The molecule has 0 amide bonds. The van der Waals surface area contributed by atoms with Crippen molar-refractivity contribution in [1.29, 1.82) is 0 Å². The Morgan fingerprint density at radius 1 is 1.21 bits per heavy atom.